The molecule has 5 rings (SSSR count). The summed E-state index contributed by atoms with van der Waals surface area (Å²) in [5.41, 5.74) is 1.41. The number of halogens is 3. The number of benzene rings is 4. The molecular weight excluding hydrogens is 677 g/mol. The molecule has 0 saturated heterocycles. The Morgan fingerprint density at radius 2 is 1.32 bits per heavy atom. The second kappa shape index (κ2) is 16.0. The fourth-order valence-corrected chi connectivity index (χ4v) is 8.10. The van der Waals surface area contributed by atoms with Crippen molar-refractivity contribution in [1.82, 2.24) is 10.2 Å². The van der Waals surface area contributed by atoms with Crippen molar-refractivity contribution in [3.63, 3.8) is 0 Å². The van der Waals surface area contributed by atoms with E-state index < -0.39 is 28.5 Å². The minimum atomic E-state index is -4.27. The highest BCUT2D eigenvalue weighted by Crippen LogP contribution is 2.32. The number of para-hydroxylation sites is 1. The zero-order valence-electron chi connectivity index (χ0n) is 25.7. The maximum absolute atomic E-state index is 14.7. The molecule has 11 heteroatoms. The highest BCUT2D eigenvalue weighted by atomic mass is 35.5. The minimum Gasteiger partial charge on any atom is -0.352 e. The van der Waals surface area contributed by atoms with Gasteiger partial charge in [0.15, 0.2) is 0 Å². The molecule has 4 aromatic rings. The SMILES string of the molecule is O=C(NC1CCCCC1)[C@@H](Cc1ccccc1)N(Cc1c(Cl)cccc1Cl)C(=O)CN(c1ccccc1Cl)S(=O)(=O)c1ccccc1. The van der Waals surface area contributed by atoms with E-state index in [0.29, 0.717) is 15.6 Å². The van der Waals surface area contributed by atoms with Gasteiger partial charge in [-0.15, -0.1) is 0 Å². The Hall–Kier alpha value is -3.56. The summed E-state index contributed by atoms with van der Waals surface area (Å²) in [5, 5.41) is 3.98. The largest absolute Gasteiger partial charge is 0.352 e. The summed E-state index contributed by atoms with van der Waals surface area (Å²) in [5.74, 6) is -0.951. The number of carbonyl (C=O) groups is 2. The first kappa shape index (κ1) is 34.8. The summed E-state index contributed by atoms with van der Waals surface area (Å²) in [6.45, 7) is -0.764. The molecule has 0 heterocycles. The van der Waals surface area contributed by atoms with Gasteiger partial charge in [-0.1, -0.05) is 121 Å². The lowest BCUT2D eigenvalue weighted by atomic mass is 9.94. The first-order valence-electron chi connectivity index (χ1n) is 15.5. The highest BCUT2D eigenvalue weighted by Gasteiger charge is 2.36. The third-order valence-corrected chi connectivity index (χ3v) is 11.1. The summed E-state index contributed by atoms with van der Waals surface area (Å²) < 4.78 is 29.3. The molecule has 7 nitrogen and oxygen atoms in total. The first-order chi connectivity index (χ1) is 22.6. The van der Waals surface area contributed by atoms with E-state index in [2.05, 4.69) is 5.32 Å². The molecule has 0 unspecified atom stereocenters. The Balaban J connectivity index is 1.59. The van der Waals surface area contributed by atoms with E-state index in [1.54, 1.807) is 60.7 Å². The molecule has 2 amide bonds. The van der Waals surface area contributed by atoms with Crippen molar-refractivity contribution in [3.8, 4) is 0 Å². The van der Waals surface area contributed by atoms with Crippen molar-refractivity contribution in [2.24, 2.45) is 0 Å². The first-order valence-corrected chi connectivity index (χ1v) is 18.1. The lowest BCUT2D eigenvalue weighted by Crippen LogP contribution is -2.55. The van der Waals surface area contributed by atoms with Gasteiger partial charge in [0.25, 0.3) is 10.0 Å². The molecule has 0 aliphatic heterocycles. The van der Waals surface area contributed by atoms with Crippen LogP contribution in [0.25, 0.3) is 0 Å². The van der Waals surface area contributed by atoms with Gasteiger partial charge in [-0.25, -0.2) is 8.42 Å². The number of amides is 2. The average molecular weight is 713 g/mol. The molecule has 246 valence electrons. The fourth-order valence-electron chi connectivity index (χ4n) is 5.84. The predicted molar refractivity (Wildman–Crippen MR) is 188 cm³/mol. The second-order valence-electron chi connectivity index (χ2n) is 11.5. The molecule has 1 saturated carbocycles. The maximum Gasteiger partial charge on any atom is 0.264 e. The molecular formula is C36H36Cl3N3O4S. The Morgan fingerprint density at radius 1 is 0.745 bits per heavy atom. The normalized spacial score (nSPS) is 14.3. The van der Waals surface area contributed by atoms with E-state index in [1.165, 1.54) is 17.0 Å². The molecule has 0 aromatic heterocycles. The number of nitrogens with zero attached hydrogens (tertiary/aromatic N) is 2. The van der Waals surface area contributed by atoms with Crippen LogP contribution < -0.4 is 9.62 Å². The van der Waals surface area contributed by atoms with Gasteiger partial charge in [-0.2, -0.15) is 0 Å². The number of carbonyl (C=O) groups excluding carboxylic acids is 2. The molecule has 0 radical (unpaired) electrons. The summed E-state index contributed by atoms with van der Waals surface area (Å²) in [6.07, 6.45) is 5.02. The Bertz CT molecular complexity index is 1770. The van der Waals surface area contributed by atoms with Crippen LogP contribution in [0.5, 0.6) is 0 Å². The fraction of sp³-hybridized carbons (Fsp3) is 0.278. The average Bonchev–Trinajstić information content (AvgIpc) is 3.08. The van der Waals surface area contributed by atoms with Crippen LogP contribution in [-0.4, -0.2) is 43.8 Å². The van der Waals surface area contributed by atoms with Gasteiger partial charge in [0.05, 0.1) is 15.6 Å². The lowest BCUT2D eigenvalue weighted by Gasteiger charge is -2.35. The van der Waals surface area contributed by atoms with Crippen LogP contribution >= 0.6 is 34.8 Å². The van der Waals surface area contributed by atoms with E-state index in [0.717, 1.165) is 42.0 Å². The van der Waals surface area contributed by atoms with Crippen molar-refractivity contribution < 1.29 is 18.0 Å². The van der Waals surface area contributed by atoms with Crippen LogP contribution in [0, 0.1) is 0 Å². The standard InChI is InChI=1S/C36H36Cl3N3O4S/c37-30-20-12-21-31(38)29(30)24-41(34(23-26-13-4-1-5-14-26)36(44)40-27-15-6-2-7-16-27)35(43)25-42(33-22-11-10-19-32(33)39)47(45,46)28-17-8-3-9-18-28/h1,3-5,8-14,17-22,27,34H,2,6-7,15-16,23-25H2,(H,40,44)/t34-/m1/s1. The van der Waals surface area contributed by atoms with Gasteiger partial charge in [0.1, 0.15) is 12.6 Å². The van der Waals surface area contributed by atoms with Crippen molar-refractivity contribution in [1.29, 1.82) is 0 Å². The predicted octanol–water partition coefficient (Wildman–Crippen LogP) is 7.93. The van der Waals surface area contributed by atoms with Crippen molar-refractivity contribution >= 4 is 62.3 Å². The third-order valence-electron chi connectivity index (χ3n) is 8.34. The molecule has 1 aliphatic carbocycles. The zero-order valence-corrected chi connectivity index (χ0v) is 28.8. The van der Waals surface area contributed by atoms with Crippen molar-refractivity contribution in [2.45, 2.75) is 62.0 Å². The second-order valence-corrected chi connectivity index (χ2v) is 14.6. The van der Waals surface area contributed by atoms with Gasteiger partial charge >= 0.3 is 0 Å². The van der Waals surface area contributed by atoms with Crippen LogP contribution in [-0.2, 0) is 32.6 Å². The molecule has 0 bridgehead atoms. The van der Waals surface area contributed by atoms with Crippen LogP contribution in [0.3, 0.4) is 0 Å². The lowest BCUT2D eigenvalue weighted by molar-refractivity contribution is -0.140. The van der Waals surface area contributed by atoms with Crippen molar-refractivity contribution in [2.75, 3.05) is 10.8 Å². The van der Waals surface area contributed by atoms with E-state index in [-0.39, 0.29) is 40.5 Å². The molecule has 4 aromatic carbocycles. The van der Waals surface area contributed by atoms with E-state index in [9.17, 15) is 18.0 Å². The summed E-state index contributed by atoms with van der Waals surface area (Å²) in [6, 6.07) is 27.7. The van der Waals surface area contributed by atoms with Crippen LogP contribution in [0.2, 0.25) is 15.1 Å². The van der Waals surface area contributed by atoms with Gasteiger partial charge in [0.2, 0.25) is 11.8 Å². The zero-order chi connectivity index (χ0) is 33.4. The number of anilines is 1. The molecule has 0 spiro atoms. The highest BCUT2D eigenvalue weighted by molar-refractivity contribution is 7.92. The maximum atomic E-state index is 14.7. The van der Waals surface area contributed by atoms with E-state index >= 15 is 0 Å². The molecule has 1 N–H and O–H groups in total. The molecule has 1 fully saturated rings. The number of hydrogen-bond donors (Lipinski definition) is 1. The van der Waals surface area contributed by atoms with Crippen molar-refractivity contribution in [3.05, 3.63) is 129 Å². The number of nitrogens with one attached hydrogen (secondary N) is 1. The van der Waals surface area contributed by atoms with Gasteiger partial charge in [-0.05, 0) is 54.8 Å². The molecule has 1 aliphatic rings. The summed E-state index contributed by atoms with van der Waals surface area (Å²) in [4.78, 5) is 30.3. The van der Waals surface area contributed by atoms with Gasteiger partial charge in [-0.3, -0.25) is 13.9 Å². The van der Waals surface area contributed by atoms with Gasteiger partial charge in [0, 0.05) is 34.6 Å². The monoisotopic (exact) mass is 711 g/mol. The Morgan fingerprint density at radius 3 is 1.96 bits per heavy atom. The number of sulfonamides is 1. The quantitative estimate of drug-likeness (QED) is 0.162. The summed E-state index contributed by atoms with van der Waals surface area (Å²) >= 11 is 19.8. The smallest absolute Gasteiger partial charge is 0.264 e. The summed E-state index contributed by atoms with van der Waals surface area (Å²) in [7, 11) is -4.27. The van der Waals surface area contributed by atoms with Gasteiger partial charge < -0.3 is 10.2 Å². The third kappa shape index (κ3) is 8.68. The van der Waals surface area contributed by atoms with E-state index in [4.69, 9.17) is 34.8 Å². The van der Waals surface area contributed by atoms with E-state index in [1.807, 2.05) is 30.3 Å². The molecule has 1 atom stereocenters. The Kier molecular flexibility index (Phi) is 11.9. The van der Waals surface area contributed by atoms with Crippen LogP contribution in [0.4, 0.5) is 5.69 Å². The topological polar surface area (TPSA) is 86.8 Å². The minimum absolute atomic E-state index is 0.00991. The van der Waals surface area contributed by atoms with Crippen LogP contribution in [0.1, 0.15) is 43.2 Å². The number of hydrogen-bond acceptors (Lipinski definition) is 4. The molecule has 47 heavy (non-hydrogen) atoms. The Labute approximate surface area is 291 Å². The van der Waals surface area contributed by atoms with Crippen LogP contribution in [0.15, 0.2) is 108 Å². The number of rotatable bonds is 12.